The van der Waals surface area contributed by atoms with Crippen LogP contribution in [0.25, 0.3) is 0 Å². The molecule has 2 rings (SSSR count). The minimum atomic E-state index is -1.69. The molecule has 0 radical (unpaired) electrons. The number of amides is 1. The molecule has 2 atom stereocenters. The molecule has 0 saturated carbocycles. The molecule has 0 fully saturated rings. The number of hydrogen-bond donors (Lipinski definition) is 2. The summed E-state index contributed by atoms with van der Waals surface area (Å²) in [6.45, 7) is 2.98. The zero-order valence-electron chi connectivity index (χ0n) is 13.3. The zero-order chi connectivity index (χ0) is 18.7. The van der Waals surface area contributed by atoms with Crippen molar-refractivity contribution in [3.05, 3.63) is 65.0 Å². The molecule has 0 aliphatic heterocycles. The molecule has 0 bridgehead atoms. The van der Waals surface area contributed by atoms with Crippen LogP contribution in [0.3, 0.4) is 0 Å². The Hall–Kier alpha value is -2.48. The van der Waals surface area contributed by atoms with E-state index >= 15 is 0 Å². The van der Waals surface area contributed by atoms with Crippen molar-refractivity contribution >= 4 is 11.6 Å². The molecule has 25 heavy (non-hydrogen) atoms. The molecule has 0 saturated heterocycles. The van der Waals surface area contributed by atoms with Crippen LogP contribution >= 0.6 is 0 Å². The van der Waals surface area contributed by atoms with Crippen molar-refractivity contribution in [2.24, 2.45) is 0 Å². The zero-order valence-corrected chi connectivity index (χ0v) is 13.3. The summed E-state index contributed by atoms with van der Waals surface area (Å²) in [6, 6.07) is 3.03. The highest BCUT2D eigenvalue weighted by molar-refractivity contribution is 5.94. The number of hydrogen-bond acceptors (Lipinski definition) is 2. The molecule has 0 spiro atoms. The maximum atomic E-state index is 13.7. The Bertz CT molecular complexity index is 797. The lowest BCUT2D eigenvalue weighted by atomic mass is 10.1. The monoisotopic (exact) mass is 358 g/mol. The minimum absolute atomic E-state index is 0.139. The van der Waals surface area contributed by atoms with Crippen LogP contribution in [0.1, 0.15) is 25.5 Å². The summed E-state index contributed by atoms with van der Waals surface area (Å²) >= 11 is 0. The fraction of sp³-hybridized carbons (Fsp3) is 0.235. The van der Waals surface area contributed by atoms with Gasteiger partial charge in [-0.25, -0.2) is 22.0 Å². The van der Waals surface area contributed by atoms with E-state index in [9.17, 15) is 26.7 Å². The van der Waals surface area contributed by atoms with Gasteiger partial charge in [0.25, 0.3) is 0 Å². The van der Waals surface area contributed by atoms with Crippen molar-refractivity contribution in [3.63, 3.8) is 0 Å². The van der Waals surface area contributed by atoms with Crippen LogP contribution in [0.2, 0.25) is 0 Å². The number of benzene rings is 2. The molecule has 2 aromatic rings. The number of carbonyl (C=O) groups is 1. The predicted octanol–water partition coefficient (Wildman–Crippen LogP) is 4.06. The Morgan fingerprint density at radius 3 is 2.24 bits per heavy atom. The van der Waals surface area contributed by atoms with E-state index in [4.69, 9.17) is 0 Å². The average Bonchev–Trinajstić information content (AvgIpc) is 2.55. The van der Waals surface area contributed by atoms with Gasteiger partial charge >= 0.3 is 0 Å². The van der Waals surface area contributed by atoms with E-state index in [1.165, 1.54) is 13.0 Å². The molecule has 0 heterocycles. The van der Waals surface area contributed by atoms with Crippen LogP contribution in [-0.4, -0.2) is 11.9 Å². The van der Waals surface area contributed by atoms with Gasteiger partial charge in [-0.05, 0) is 32.0 Å². The minimum Gasteiger partial charge on any atom is -0.322 e. The third kappa shape index (κ3) is 4.33. The second-order valence-corrected chi connectivity index (χ2v) is 5.49. The van der Waals surface area contributed by atoms with E-state index in [0.717, 1.165) is 18.2 Å². The highest BCUT2D eigenvalue weighted by Crippen LogP contribution is 2.21. The molecular weight excluding hydrogens is 343 g/mol. The van der Waals surface area contributed by atoms with Crippen molar-refractivity contribution < 1.29 is 26.7 Å². The molecule has 0 aliphatic rings. The molecule has 134 valence electrons. The molecule has 2 aromatic carbocycles. The number of anilines is 1. The van der Waals surface area contributed by atoms with Gasteiger partial charge < -0.3 is 5.32 Å². The molecule has 1 amide bonds. The summed E-state index contributed by atoms with van der Waals surface area (Å²) in [5, 5.41) is 4.88. The van der Waals surface area contributed by atoms with Crippen LogP contribution in [0.5, 0.6) is 0 Å². The summed E-state index contributed by atoms with van der Waals surface area (Å²) in [7, 11) is 0. The van der Waals surface area contributed by atoms with Gasteiger partial charge in [0.05, 0.1) is 11.7 Å². The summed E-state index contributed by atoms with van der Waals surface area (Å²) < 4.78 is 66.3. The number of nitrogens with one attached hydrogen (secondary N) is 2. The van der Waals surface area contributed by atoms with Crippen LogP contribution in [0, 0.1) is 29.1 Å². The van der Waals surface area contributed by atoms with Crippen molar-refractivity contribution in [3.8, 4) is 0 Å². The van der Waals surface area contributed by atoms with Crippen LogP contribution in [0.4, 0.5) is 27.6 Å². The molecule has 3 nitrogen and oxygen atoms in total. The van der Waals surface area contributed by atoms with E-state index in [0.29, 0.717) is 6.07 Å². The second-order valence-electron chi connectivity index (χ2n) is 5.49. The van der Waals surface area contributed by atoms with Crippen LogP contribution in [-0.2, 0) is 4.79 Å². The fourth-order valence-corrected chi connectivity index (χ4v) is 2.26. The van der Waals surface area contributed by atoms with Crippen molar-refractivity contribution in [1.29, 1.82) is 0 Å². The van der Waals surface area contributed by atoms with Gasteiger partial charge in [0, 0.05) is 17.7 Å². The lowest BCUT2D eigenvalue weighted by Crippen LogP contribution is -2.39. The summed E-state index contributed by atoms with van der Waals surface area (Å²) in [4.78, 5) is 12.1. The summed E-state index contributed by atoms with van der Waals surface area (Å²) in [5.41, 5.74) is -0.377. The SMILES string of the molecule is C[C@H](N[C@H](C)C(=O)Nc1ccc(F)c(F)c1F)c1ccc(F)cc1F. The maximum Gasteiger partial charge on any atom is 0.241 e. The first kappa shape index (κ1) is 18.9. The third-order valence-electron chi connectivity index (χ3n) is 3.62. The summed E-state index contributed by atoms with van der Waals surface area (Å²) in [5.74, 6) is -6.83. The van der Waals surface area contributed by atoms with Crippen molar-refractivity contribution in [1.82, 2.24) is 5.32 Å². The van der Waals surface area contributed by atoms with E-state index in [1.807, 2.05) is 0 Å². The van der Waals surface area contributed by atoms with E-state index in [2.05, 4.69) is 10.6 Å². The Labute approximate surface area is 140 Å². The number of carbonyl (C=O) groups excluding carboxylic acids is 1. The molecular formula is C17H15F5N2O. The first-order valence-corrected chi connectivity index (χ1v) is 7.36. The number of halogens is 5. The van der Waals surface area contributed by atoms with Gasteiger partial charge in [-0.2, -0.15) is 0 Å². The van der Waals surface area contributed by atoms with E-state index < -0.39 is 52.8 Å². The van der Waals surface area contributed by atoms with Gasteiger partial charge in [0.15, 0.2) is 17.5 Å². The first-order chi connectivity index (χ1) is 11.7. The first-order valence-electron chi connectivity index (χ1n) is 7.36. The Balaban J connectivity index is 2.06. The Morgan fingerprint density at radius 1 is 0.920 bits per heavy atom. The highest BCUT2D eigenvalue weighted by atomic mass is 19.2. The fourth-order valence-electron chi connectivity index (χ4n) is 2.26. The maximum absolute atomic E-state index is 13.7. The average molecular weight is 358 g/mol. The molecule has 0 aromatic heterocycles. The predicted molar refractivity (Wildman–Crippen MR) is 82.3 cm³/mol. The summed E-state index contributed by atoms with van der Waals surface area (Å²) in [6.07, 6.45) is 0. The lowest BCUT2D eigenvalue weighted by Gasteiger charge is -2.20. The quantitative estimate of drug-likeness (QED) is 0.625. The van der Waals surface area contributed by atoms with Gasteiger partial charge in [-0.15, -0.1) is 0 Å². The van der Waals surface area contributed by atoms with Gasteiger partial charge in [0.2, 0.25) is 5.91 Å². The van der Waals surface area contributed by atoms with Gasteiger partial charge in [-0.3, -0.25) is 10.1 Å². The van der Waals surface area contributed by atoms with E-state index in [1.54, 1.807) is 6.92 Å². The molecule has 2 N–H and O–H groups in total. The standard InChI is InChI=1S/C17H15F5N2O/c1-8(11-4-3-10(18)7-13(11)20)23-9(2)17(25)24-14-6-5-12(19)15(21)16(14)22/h3-9,23H,1-2H3,(H,24,25)/t8-,9+/m0/s1. The van der Waals surface area contributed by atoms with Crippen molar-refractivity contribution in [2.45, 2.75) is 25.9 Å². The van der Waals surface area contributed by atoms with Crippen LogP contribution < -0.4 is 10.6 Å². The van der Waals surface area contributed by atoms with Gasteiger partial charge in [0.1, 0.15) is 11.6 Å². The largest absolute Gasteiger partial charge is 0.322 e. The normalized spacial score (nSPS) is 13.4. The number of rotatable bonds is 5. The molecule has 0 aliphatic carbocycles. The smallest absolute Gasteiger partial charge is 0.241 e. The molecule has 0 unspecified atom stereocenters. The lowest BCUT2D eigenvalue weighted by molar-refractivity contribution is -0.118. The second kappa shape index (κ2) is 7.60. The Kier molecular flexibility index (Phi) is 5.73. The third-order valence-corrected chi connectivity index (χ3v) is 3.62. The topological polar surface area (TPSA) is 41.1 Å². The highest BCUT2D eigenvalue weighted by Gasteiger charge is 2.21. The van der Waals surface area contributed by atoms with E-state index in [-0.39, 0.29) is 5.56 Å². The van der Waals surface area contributed by atoms with Crippen LogP contribution in [0.15, 0.2) is 30.3 Å². The van der Waals surface area contributed by atoms with Gasteiger partial charge in [-0.1, -0.05) is 6.07 Å². The Morgan fingerprint density at radius 2 is 1.60 bits per heavy atom. The molecule has 8 heteroatoms. The van der Waals surface area contributed by atoms with Crippen molar-refractivity contribution in [2.75, 3.05) is 5.32 Å².